The van der Waals surface area contributed by atoms with Crippen molar-refractivity contribution in [3.63, 3.8) is 0 Å². The third-order valence-electron chi connectivity index (χ3n) is 4.24. The van der Waals surface area contributed by atoms with Crippen LogP contribution in [0.4, 0.5) is 11.4 Å². The third-order valence-corrected chi connectivity index (χ3v) is 4.24. The number of nitrogens with two attached hydrogens (primary N) is 1. The van der Waals surface area contributed by atoms with E-state index in [2.05, 4.69) is 46.2 Å². The predicted octanol–water partition coefficient (Wildman–Crippen LogP) is 2.48. The van der Waals surface area contributed by atoms with Gasteiger partial charge in [0.25, 0.3) is 0 Å². The molecular formula is C18H23N3O. The lowest BCUT2D eigenvalue weighted by Crippen LogP contribution is -2.46. The highest BCUT2D eigenvalue weighted by molar-refractivity contribution is 5.60. The van der Waals surface area contributed by atoms with Gasteiger partial charge in [-0.25, -0.2) is 0 Å². The Hall–Kier alpha value is -2.20. The van der Waals surface area contributed by atoms with Gasteiger partial charge in [-0.2, -0.15) is 0 Å². The molecule has 22 heavy (non-hydrogen) atoms. The Balaban J connectivity index is 1.67. The molecule has 1 aliphatic heterocycles. The van der Waals surface area contributed by atoms with E-state index in [1.165, 1.54) is 16.9 Å². The van der Waals surface area contributed by atoms with Gasteiger partial charge in [-0.05, 0) is 29.8 Å². The number of piperazine rings is 1. The van der Waals surface area contributed by atoms with Crippen LogP contribution in [-0.2, 0) is 6.54 Å². The average Bonchev–Trinajstić information content (AvgIpc) is 2.62. The fourth-order valence-electron chi connectivity index (χ4n) is 2.94. The number of hydrogen-bond donors (Lipinski definition) is 1. The Morgan fingerprint density at radius 2 is 1.55 bits per heavy atom. The molecule has 0 unspecified atom stereocenters. The molecule has 0 atom stereocenters. The van der Waals surface area contributed by atoms with Crippen molar-refractivity contribution in [1.82, 2.24) is 0 Å². The molecule has 2 aromatic rings. The van der Waals surface area contributed by atoms with E-state index in [-0.39, 0.29) is 0 Å². The number of methoxy groups -OCH3 is 1. The summed E-state index contributed by atoms with van der Waals surface area (Å²) in [6.45, 7) is 4.62. The molecule has 0 radical (unpaired) electrons. The molecule has 1 heterocycles. The zero-order chi connectivity index (χ0) is 15.4. The average molecular weight is 297 g/mol. The zero-order valence-corrected chi connectivity index (χ0v) is 13.0. The summed E-state index contributed by atoms with van der Waals surface area (Å²) in [5.41, 5.74) is 9.29. The van der Waals surface area contributed by atoms with Gasteiger partial charge in [0, 0.05) is 38.4 Å². The standard InChI is InChI=1S/C18H23N3O/c1-22-18-5-3-2-4-17(18)21-12-10-20(11-13-21)16-8-6-15(14-19)7-9-16/h2-9H,10-14,19H2,1H3. The maximum Gasteiger partial charge on any atom is 0.142 e. The molecule has 116 valence electrons. The van der Waals surface area contributed by atoms with Crippen molar-refractivity contribution in [3.05, 3.63) is 54.1 Å². The maximum atomic E-state index is 5.66. The van der Waals surface area contributed by atoms with Crippen LogP contribution in [0.1, 0.15) is 5.56 Å². The van der Waals surface area contributed by atoms with Gasteiger partial charge in [0.15, 0.2) is 0 Å². The van der Waals surface area contributed by atoms with Crippen LogP contribution in [0.2, 0.25) is 0 Å². The highest BCUT2D eigenvalue weighted by atomic mass is 16.5. The number of anilines is 2. The van der Waals surface area contributed by atoms with Gasteiger partial charge in [0.05, 0.1) is 12.8 Å². The summed E-state index contributed by atoms with van der Waals surface area (Å²) >= 11 is 0. The summed E-state index contributed by atoms with van der Waals surface area (Å²) in [5.74, 6) is 0.947. The quantitative estimate of drug-likeness (QED) is 0.941. The smallest absolute Gasteiger partial charge is 0.142 e. The summed E-state index contributed by atoms with van der Waals surface area (Å²) in [6.07, 6.45) is 0. The second kappa shape index (κ2) is 6.71. The molecule has 0 spiro atoms. The first kappa shape index (κ1) is 14.7. The highest BCUT2D eigenvalue weighted by Gasteiger charge is 2.19. The molecule has 4 nitrogen and oxygen atoms in total. The molecule has 4 heteroatoms. The molecule has 1 aliphatic rings. The van der Waals surface area contributed by atoms with Crippen molar-refractivity contribution < 1.29 is 4.74 Å². The molecule has 0 saturated carbocycles. The van der Waals surface area contributed by atoms with E-state index in [1.54, 1.807) is 7.11 Å². The number of rotatable bonds is 4. The minimum Gasteiger partial charge on any atom is -0.495 e. The van der Waals surface area contributed by atoms with Crippen molar-refractivity contribution in [3.8, 4) is 5.75 Å². The third kappa shape index (κ3) is 3.02. The van der Waals surface area contributed by atoms with E-state index in [0.29, 0.717) is 6.54 Å². The van der Waals surface area contributed by atoms with Crippen molar-refractivity contribution in [1.29, 1.82) is 0 Å². The Kier molecular flexibility index (Phi) is 4.49. The fraction of sp³-hybridized carbons (Fsp3) is 0.333. The van der Waals surface area contributed by atoms with Crippen molar-refractivity contribution in [2.75, 3.05) is 43.1 Å². The lowest BCUT2D eigenvalue weighted by atomic mass is 10.1. The van der Waals surface area contributed by atoms with Crippen molar-refractivity contribution in [2.24, 2.45) is 5.73 Å². The van der Waals surface area contributed by atoms with Crippen LogP contribution >= 0.6 is 0 Å². The van der Waals surface area contributed by atoms with Gasteiger partial charge in [-0.1, -0.05) is 24.3 Å². The Labute approximate surface area is 132 Å². The first-order valence-corrected chi connectivity index (χ1v) is 7.74. The first-order chi connectivity index (χ1) is 10.8. The Morgan fingerprint density at radius 1 is 0.909 bits per heavy atom. The van der Waals surface area contributed by atoms with Gasteiger partial charge in [0.1, 0.15) is 5.75 Å². The molecule has 0 aromatic heterocycles. The second-order valence-electron chi connectivity index (χ2n) is 5.52. The number of hydrogen-bond acceptors (Lipinski definition) is 4. The Morgan fingerprint density at radius 3 is 2.18 bits per heavy atom. The number of nitrogens with zero attached hydrogens (tertiary/aromatic N) is 2. The van der Waals surface area contributed by atoms with E-state index in [0.717, 1.165) is 31.9 Å². The number of para-hydroxylation sites is 2. The van der Waals surface area contributed by atoms with Crippen LogP contribution in [0.3, 0.4) is 0 Å². The van der Waals surface area contributed by atoms with Crippen LogP contribution in [0, 0.1) is 0 Å². The number of benzene rings is 2. The van der Waals surface area contributed by atoms with Crippen LogP contribution in [0.15, 0.2) is 48.5 Å². The predicted molar refractivity (Wildman–Crippen MR) is 91.8 cm³/mol. The highest BCUT2D eigenvalue weighted by Crippen LogP contribution is 2.29. The normalized spacial score (nSPS) is 15.0. The summed E-state index contributed by atoms with van der Waals surface area (Å²) in [5, 5.41) is 0. The second-order valence-corrected chi connectivity index (χ2v) is 5.52. The van der Waals surface area contributed by atoms with Crippen LogP contribution in [-0.4, -0.2) is 33.3 Å². The monoisotopic (exact) mass is 297 g/mol. The summed E-state index contributed by atoms with van der Waals surface area (Å²) in [6, 6.07) is 16.8. The first-order valence-electron chi connectivity index (χ1n) is 7.74. The minimum atomic E-state index is 0.599. The zero-order valence-electron chi connectivity index (χ0n) is 13.0. The van der Waals surface area contributed by atoms with E-state index in [1.807, 2.05) is 12.1 Å². The molecule has 0 amide bonds. The van der Waals surface area contributed by atoms with Gasteiger partial charge in [0.2, 0.25) is 0 Å². The molecule has 2 N–H and O–H groups in total. The summed E-state index contributed by atoms with van der Waals surface area (Å²) < 4.78 is 5.47. The van der Waals surface area contributed by atoms with Crippen LogP contribution in [0.5, 0.6) is 5.75 Å². The van der Waals surface area contributed by atoms with Crippen molar-refractivity contribution >= 4 is 11.4 Å². The van der Waals surface area contributed by atoms with Gasteiger partial charge in [-0.15, -0.1) is 0 Å². The molecule has 0 bridgehead atoms. The summed E-state index contributed by atoms with van der Waals surface area (Å²) in [4.78, 5) is 4.82. The Bertz CT molecular complexity index is 604. The largest absolute Gasteiger partial charge is 0.495 e. The minimum absolute atomic E-state index is 0.599. The maximum absolute atomic E-state index is 5.66. The molecule has 1 fully saturated rings. The number of ether oxygens (including phenoxy) is 1. The van der Waals surface area contributed by atoms with Gasteiger partial charge >= 0.3 is 0 Å². The van der Waals surface area contributed by atoms with Crippen LogP contribution < -0.4 is 20.3 Å². The summed E-state index contributed by atoms with van der Waals surface area (Å²) in [7, 11) is 1.73. The van der Waals surface area contributed by atoms with Gasteiger partial charge in [-0.3, -0.25) is 0 Å². The molecule has 0 aliphatic carbocycles. The topological polar surface area (TPSA) is 41.7 Å². The molecule has 1 saturated heterocycles. The van der Waals surface area contributed by atoms with Crippen LogP contribution in [0.25, 0.3) is 0 Å². The van der Waals surface area contributed by atoms with E-state index in [9.17, 15) is 0 Å². The van der Waals surface area contributed by atoms with E-state index < -0.39 is 0 Å². The molecule has 3 rings (SSSR count). The van der Waals surface area contributed by atoms with Gasteiger partial charge < -0.3 is 20.3 Å². The molecule has 2 aromatic carbocycles. The molecular weight excluding hydrogens is 274 g/mol. The van der Waals surface area contributed by atoms with E-state index >= 15 is 0 Å². The lowest BCUT2D eigenvalue weighted by Gasteiger charge is -2.37. The lowest BCUT2D eigenvalue weighted by molar-refractivity contribution is 0.413. The fourth-order valence-corrected chi connectivity index (χ4v) is 2.94. The SMILES string of the molecule is COc1ccccc1N1CCN(c2ccc(CN)cc2)CC1. The van der Waals surface area contributed by atoms with Crippen molar-refractivity contribution in [2.45, 2.75) is 6.54 Å². The van der Waals surface area contributed by atoms with E-state index in [4.69, 9.17) is 10.5 Å².